The van der Waals surface area contributed by atoms with Crippen molar-refractivity contribution in [1.82, 2.24) is 10.2 Å². The van der Waals surface area contributed by atoms with E-state index in [9.17, 15) is 0 Å². The summed E-state index contributed by atoms with van der Waals surface area (Å²) in [5.74, 6) is 0.752. The van der Waals surface area contributed by atoms with E-state index in [1.54, 1.807) is 0 Å². The molecule has 1 aliphatic rings. The van der Waals surface area contributed by atoms with Gasteiger partial charge in [-0.2, -0.15) is 0 Å². The lowest BCUT2D eigenvalue weighted by Gasteiger charge is -2.27. The maximum atomic E-state index is 3.59. The first-order chi connectivity index (χ1) is 8.74. The predicted molar refractivity (Wildman–Crippen MR) is 77.8 cm³/mol. The van der Waals surface area contributed by atoms with Gasteiger partial charge in [-0.25, -0.2) is 0 Å². The van der Waals surface area contributed by atoms with Gasteiger partial charge in [0.15, 0.2) is 0 Å². The van der Waals surface area contributed by atoms with Gasteiger partial charge >= 0.3 is 0 Å². The van der Waals surface area contributed by atoms with E-state index >= 15 is 0 Å². The minimum atomic E-state index is 0.593. The average Bonchev–Trinajstić information content (AvgIpc) is 2.72. The molecule has 0 aliphatic carbocycles. The van der Waals surface area contributed by atoms with E-state index in [1.807, 2.05) is 0 Å². The van der Waals surface area contributed by atoms with Crippen LogP contribution in [0, 0.1) is 12.8 Å². The number of aryl methyl sites for hydroxylation is 1. The monoisotopic (exact) mass is 246 g/mol. The normalized spacial score (nSPS) is 24.6. The number of nitrogens with zero attached hydrogens (tertiary/aromatic N) is 1. The molecule has 2 atom stereocenters. The van der Waals surface area contributed by atoms with Gasteiger partial charge in [0.05, 0.1) is 0 Å². The van der Waals surface area contributed by atoms with Gasteiger partial charge in [0.1, 0.15) is 0 Å². The van der Waals surface area contributed by atoms with Crippen LogP contribution in [0.2, 0.25) is 0 Å². The molecule has 1 heterocycles. The number of hydrogen-bond donors (Lipinski definition) is 1. The molecule has 18 heavy (non-hydrogen) atoms. The fourth-order valence-electron chi connectivity index (χ4n) is 3.11. The van der Waals surface area contributed by atoms with Crippen molar-refractivity contribution < 1.29 is 0 Å². The van der Waals surface area contributed by atoms with Crippen LogP contribution in [0.5, 0.6) is 0 Å². The Labute approximate surface area is 111 Å². The molecule has 2 rings (SSSR count). The Morgan fingerprint density at radius 1 is 1.33 bits per heavy atom. The van der Waals surface area contributed by atoms with Crippen molar-refractivity contribution >= 4 is 0 Å². The van der Waals surface area contributed by atoms with Crippen molar-refractivity contribution in [3.05, 3.63) is 35.4 Å². The highest BCUT2D eigenvalue weighted by Crippen LogP contribution is 2.36. The molecule has 1 aliphatic heterocycles. The second-order valence-electron chi connectivity index (χ2n) is 5.53. The summed E-state index contributed by atoms with van der Waals surface area (Å²) in [5, 5.41) is 3.59. The van der Waals surface area contributed by atoms with E-state index in [4.69, 9.17) is 0 Å². The van der Waals surface area contributed by atoms with E-state index < -0.39 is 0 Å². The molecule has 1 fully saturated rings. The van der Waals surface area contributed by atoms with Gasteiger partial charge in [-0.3, -0.25) is 4.90 Å². The van der Waals surface area contributed by atoms with Crippen LogP contribution in [-0.2, 0) is 0 Å². The number of nitrogens with one attached hydrogen (secondary N) is 1. The van der Waals surface area contributed by atoms with Gasteiger partial charge in [-0.05, 0) is 63.5 Å². The standard InChI is InChI=1S/C16H26N2/c1-4-10-17-12-14-9-11-18(3)16(14)15-8-6-5-7-13(15)2/h5-8,14,16-17H,4,9-12H2,1-3H3. The average molecular weight is 246 g/mol. The summed E-state index contributed by atoms with van der Waals surface area (Å²) in [6.45, 7) is 7.97. The third-order valence-corrected chi connectivity index (χ3v) is 4.11. The van der Waals surface area contributed by atoms with Crippen molar-refractivity contribution in [1.29, 1.82) is 0 Å². The van der Waals surface area contributed by atoms with Crippen molar-refractivity contribution in [3.63, 3.8) is 0 Å². The van der Waals surface area contributed by atoms with Crippen LogP contribution < -0.4 is 5.32 Å². The fraction of sp³-hybridized carbons (Fsp3) is 0.625. The maximum absolute atomic E-state index is 3.59. The van der Waals surface area contributed by atoms with Crippen molar-refractivity contribution in [3.8, 4) is 0 Å². The summed E-state index contributed by atoms with van der Waals surface area (Å²) in [5.41, 5.74) is 2.94. The minimum Gasteiger partial charge on any atom is -0.316 e. The number of rotatable bonds is 5. The van der Waals surface area contributed by atoms with E-state index in [1.165, 1.54) is 30.5 Å². The zero-order chi connectivity index (χ0) is 13.0. The highest BCUT2D eigenvalue weighted by atomic mass is 15.2. The first-order valence-corrected chi connectivity index (χ1v) is 7.20. The third kappa shape index (κ3) is 2.93. The first kappa shape index (κ1) is 13.6. The molecule has 2 heteroatoms. The Morgan fingerprint density at radius 2 is 2.11 bits per heavy atom. The Morgan fingerprint density at radius 3 is 2.83 bits per heavy atom. The molecule has 0 radical (unpaired) electrons. The van der Waals surface area contributed by atoms with Crippen LogP contribution in [-0.4, -0.2) is 31.6 Å². The van der Waals surface area contributed by atoms with Gasteiger partial charge in [0.25, 0.3) is 0 Å². The zero-order valence-corrected chi connectivity index (χ0v) is 11.9. The molecule has 1 aromatic carbocycles. The quantitative estimate of drug-likeness (QED) is 0.804. The summed E-state index contributed by atoms with van der Waals surface area (Å²) in [7, 11) is 2.26. The summed E-state index contributed by atoms with van der Waals surface area (Å²) in [4.78, 5) is 2.51. The van der Waals surface area contributed by atoms with Crippen LogP contribution >= 0.6 is 0 Å². The zero-order valence-electron chi connectivity index (χ0n) is 11.9. The van der Waals surface area contributed by atoms with Gasteiger partial charge in [-0.1, -0.05) is 31.2 Å². The smallest absolute Gasteiger partial charge is 0.0388 e. The first-order valence-electron chi connectivity index (χ1n) is 7.20. The molecule has 2 nitrogen and oxygen atoms in total. The van der Waals surface area contributed by atoms with Gasteiger partial charge < -0.3 is 5.32 Å². The van der Waals surface area contributed by atoms with Gasteiger partial charge in [0.2, 0.25) is 0 Å². The lowest BCUT2D eigenvalue weighted by atomic mass is 9.91. The van der Waals surface area contributed by atoms with Crippen molar-refractivity contribution in [2.45, 2.75) is 32.7 Å². The molecule has 2 unspecified atom stereocenters. The molecule has 100 valence electrons. The Hall–Kier alpha value is -0.860. The van der Waals surface area contributed by atoms with Crippen LogP contribution in [0.25, 0.3) is 0 Å². The predicted octanol–water partition coefficient (Wildman–Crippen LogP) is 2.99. The van der Waals surface area contributed by atoms with Crippen LogP contribution in [0.1, 0.15) is 36.9 Å². The molecule has 0 amide bonds. The molecule has 1 saturated heterocycles. The van der Waals surface area contributed by atoms with Gasteiger partial charge in [-0.15, -0.1) is 0 Å². The summed E-state index contributed by atoms with van der Waals surface area (Å²) < 4.78 is 0. The van der Waals surface area contributed by atoms with E-state index in [-0.39, 0.29) is 0 Å². The molecule has 1 aromatic rings. The highest BCUT2D eigenvalue weighted by molar-refractivity contribution is 5.30. The molecule has 0 spiro atoms. The topological polar surface area (TPSA) is 15.3 Å². The largest absolute Gasteiger partial charge is 0.316 e. The number of likely N-dealkylation sites (tertiary alicyclic amines) is 1. The van der Waals surface area contributed by atoms with Crippen LogP contribution in [0.4, 0.5) is 0 Å². The molecular weight excluding hydrogens is 220 g/mol. The second-order valence-corrected chi connectivity index (χ2v) is 5.53. The Kier molecular flexibility index (Phi) is 4.79. The van der Waals surface area contributed by atoms with Gasteiger partial charge in [0, 0.05) is 6.04 Å². The fourth-order valence-corrected chi connectivity index (χ4v) is 3.11. The number of benzene rings is 1. The van der Waals surface area contributed by atoms with E-state index in [0.29, 0.717) is 6.04 Å². The third-order valence-electron chi connectivity index (χ3n) is 4.11. The maximum Gasteiger partial charge on any atom is 0.0388 e. The molecule has 0 bridgehead atoms. The summed E-state index contributed by atoms with van der Waals surface area (Å²) >= 11 is 0. The second kappa shape index (κ2) is 6.35. The van der Waals surface area contributed by atoms with Crippen LogP contribution in [0.15, 0.2) is 24.3 Å². The molecule has 0 saturated carbocycles. The lowest BCUT2D eigenvalue weighted by molar-refractivity contribution is 0.271. The SMILES string of the molecule is CCCNCC1CCN(C)C1c1ccccc1C. The van der Waals surface area contributed by atoms with Crippen LogP contribution in [0.3, 0.4) is 0 Å². The molecular formula is C16H26N2. The Bertz CT molecular complexity index is 375. The minimum absolute atomic E-state index is 0.593. The molecule has 0 aromatic heterocycles. The van der Waals surface area contributed by atoms with E-state index in [2.05, 4.69) is 55.4 Å². The lowest BCUT2D eigenvalue weighted by Crippen LogP contribution is -2.29. The Balaban J connectivity index is 2.10. The van der Waals surface area contributed by atoms with E-state index in [0.717, 1.165) is 19.0 Å². The van der Waals surface area contributed by atoms with Crippen molar-refractivity contribution in [2.24, 2.45) is 5.92 Å². The highest BCUT2D eigenvalue weighted by Gasteiger charge is 2.33. The summed E-state index contributed by atoms with van der Waals surface area (Å²) in [6, 6.07) is 9.44. The van der Waals surface area contributed by atoms with Crippen molar-refractivity contribution in [2.75, 3.05) is 26.7 Å². The number of hydrogen-bond acceptors (Lipinski definition) is 2. The molecule has 1 N–H and O–H groups in total. The summed E-state index contributed by atoms with van der Waals surface area (Å²) in [6.07, 6.45) is 2.53.